The van der Waals surface area contributed by atoms with Crippen molar-refractivity contribution in [3.05, 3.63) is 62.2 Å². The maximum Gasteiger partial charge on any atom is 0.276 e. The Morgan fingerprint density at radius 1 is 1.04 bits per heavy atom. The van der Waals surface area contributed by atoms with Gasteiger partial charge in [0, 0.05) is 9.13 Å². The number of halogens is 1. The lowest BCUT2D eigenvalue weighted by atomic mass is 10.1. The number of carbonyl (C=O) groups is 2. The van der Waals surface area contributed by atoms with Crippen LogP contribution < -0.4 is 20.9 Å². The molecule has 0 unspecified atom stereocenters. The quantitative estimate of drug-likeness (QED) is 0.344. The van der Waals surface area contributed by atoms with Crippen LogP contribution in [-0.4, -0.2) is 23.5 Å². The molecule has 0 radical (unpaired) electrons. The van der Waals surface area contributed by atoms with Crippen LogP contribution >= 0.6 is 34.8 Å². The zero-order chi connectivity index (χ0) is 20.0. The van der Waals surface area contributed by atoms with E-state index in [-0.39, 0.29) is 17.6 Å². The van der Waals surface area contributed by atoms with E-state index in [0.29, 0.717) is 11.3 Å². The molecule has 3 N–H and O–H groups in total. The van der Waals surface area contributed by atoms with Crippen LogP contribution in [0.15, 0.2) is 36.4 Å². The van der Waals surface area contributed by atoms with Crippen molar-refractivity contribution in [2.45, 2.75) is 20.8 Å². The topological polar surface area (TPSA) is 79.5 Å². The molecule has 0 aliphatic rings. The van der Waals surface area contributed by atoms with Gasteiger partial charge in [0.05, 0.1) is 0 Å². The summed E-state index contributed by atoms with van der Waals surface area (Å²) in [5.41, 5.74) is 8.52. The second-order valence-electron chi connectivity index (χ2n) is 5.98. The van der Waals surface area contributed by atoms with Gasteiger partial charge in [0.25, 0.3) is 11.8 Å². The van der Waals surface area contributed by atoms with E-state index in [1.54, 1.807) is 12.1 Å². The minimum absolute atomic E-state index is 0.00421. The summed E-state index contributed by atoms with van der Waals surface area (Å²) in [6.45, 7) is 5.69. The van der Waals surface area contributed by atoms with Crippen LogP contribution in [0.5, 0.6) is 5.75 Å². The summed E-state index contributed by atoms with van der Waals surface area (Å²) >= 11 is 7.18. The number of thiocarbonyl (C=S) groups is 1. The zero-order valence-corrected chi connectivity index (χ0v) is 18.2. The molecule has 0 saturated carbocycles. The van der Waals surface area contributed by atoms with Gasteiger partial charge in [0.1, 0.15) is 5.75 Å². The van der Waals surface area contributed by atoms with Crippen molar-refractivity contribution in [1.82, 2.24) is 16.2 Å². The highest BCUT2D eigenvalue weighted by molar-refractivity contribution is 14.1. The number of ether oxygens (including phenoxy) is 1. The number of aryl methyl sites for hydroxylation is 3. The van der Waals surface area contributed by atoms with Crippen molar-refractivity contribution in [1.29, 1.82) is 0 Å². The molecule has 0 aliphatic carbocycles. The molecule has 2 aromatic rings. The first-order valence-corrected chi connectivity index (χ1v) is 9.61. The number of hydrazine groups is 1. The first kappa shape index (κ1) is 21.1. The molecule has 0 aliphatic heterocycles. The number of hydrogen-bond donors (Lipinski definition) is 3. The minimum Gasteiger partial charge on any atom is -0.483 e. The molecular formula is C19H20IN3O3S. The van der Waals surface area contributed by atoms with Crippen molar-refractivity contribution in [2.24, 2.45) is 0 Å². The first-order chi connectivity index (χ1) is 12.8. The Hall–Kier alpha value is -2.20. The standard InChI is InChI=1S/C19H20IN3O3S/c1-11-4-7-16(13(3)8-11)26-10-17(24)22-23-19(27)21-18(25)14-6-5-12(2)15(20)9-14/h4-9H,10H2,1-3H3,(H,22,24)(H2,21,23,25,27). The van der Waals surface area contributed by atoms with Crippen molar-refractivity contribution in [2.75, 3.05) is 6.61 Å². The number of carbonyl (C=O) groups excluding carboxylic acids is 2. The van der Waals surface area contributed by atoms with Crippen molar-refractivity contribution in [3.63, 3.8) is 0 Å². The average Bonchev–Trinajstić information content (AvgIpc) is 2.61. The van der Waals surface area contributed by atoms with Crippen molar-refractivity contribution >= 4 is 51.7 Å². The molecule has 0 heterocycles. The van der Waals surface area contributed by atoms with E-state index in [4.69, 9.17) is 17.0 Å². The zero-order valence-electron chi connectivity index (χ0n) is 15.2. The van der Waals surface area contributed by atoms with E-state index in [1.165, 1.54) is 0 Å². The van der Waals surface area contributed by atoms with Crippen LogP contribution in [0.1, 0.15) is 27.0 Å². The highest BCUT2D eigenvalue weighted by Gasteiger charge is 2.10. The third-order valence-electron chi connectivity index (χ3n) is 3.67. The van der Waals surface area contributed by atoms with Gasteiger partial charge < -0.3 is 4.74 Å². The Balaban J connectivity index is 1.78. The normalized spacial score (nSPS) is 10.1. The smallest absolute Gasteiger partial charge is 0.276 e. The van der Waals surface area contributed by atoms with Gasteiger partial charge in [0.15, 0.2) is 11.7 Å². The van der Waals surface area contributed by atoms with Gasteiger partial charge in [-0.2, -0.15) is 0 Å². The average molecular weight is 497 g/mol. The summed E-state index contributed by atoms with van der Waals surface area (Å²) in [6, 6.07) is 11.0. The molecule has 6 nitrogen and oxygen atoms in total. The van der Waals surface area contributed by atoms with E-state index >= 15 is 0 Å². The minimum atomic E-state index is -0.420. The van der Waals surface area contributed by atoms with Crippen LogP contribution in [0.2, 0.25) is 0 Å². The Bertz CT molecular complexity index is 886. The highest BCUT2D eigenvalue weighted by atomic mass is 127. The summed E-state index contributed by atoms with van der Waals surface area (Å²) in [5, 5.41) is 2.51. The summed E-state index contributed by atoms with van der Waals surface area (Å²) in [6.07, 6.45) is 0. The van der Waals surface area contributed by atoms with Crippen molar-refractivity contribution in [3.8, 4) is 5.75 Å². The number of benzene rings is 2. The maximum absolute atomic E-state index is 12.2. The SMILES string of the molecule is Cc1ccc(OCC(=O)NNC(=S)NC(=O)c2ccc(C)c(I)c2)c(C)c1. The van der Waals surface area contributed by atoms with Gasteiger partial charge in [-0.25, -0.2) is 0 Å². The van der Waals surface area contributed by atoms with E-state index in [1.807, 2.05) is 45.0 Å². The molecule has 142 valence electrons. The van der Waals surface area contributed by atoms with Gasteiger partial charge in [0.2, 0.25) is 0 Å². The maximum atomic E-state index is 12.2. The second kappa shape index (κ2) is 9.65. The molecule has 0 bridgehead atoms. The predicted molar refractivity (Wildman–Crippen MR) is 117 cm³/mol. The van der Waals surface area contributed by atoms with Crippen LogP contribution in [0, 0.1) is 24.3 Å². The third-order valence-corrected chi connectivity index (χ3v) is 5.03. The second-order valence-corrected chi connectivity index (χ2v) is 7.55. The molecular weight excluding hydrogens is 477 g/mol. The Kier molecular flexibility index (Phi) is 7.55. The fraction of sp³-hybridized carbons (Fsp3) is 0.211. The van der Waals surface area contributed by atoms with Crippen LogP contribution in [-0.2, 0) is 4.79 Å². The van der Waals surface area contributed by atoms with E-state index in [0.717, 1.165) is 20.3 Å². The van der Waals surface area contributed by atoms with Gasteiger partial charge >= 0.3 is 0 Å². The molecule has 2 amide bonds. The Morgan fingerprint density at radius 2 is 1.78 bits per heavy atom. The fourth-order valence-corrected chi connectivity index (χ4v) is 2.87. The van der Waals surface area contributed by atoms with E-state index in [9.17, 15) is 9.59 Å². The third kappa shape index (κ3) is 6.47. The fourth-order valence-electron chi connectivity index (χ4n) is 2.21. The molecule has 0 atom stereocenters. The Labute approximate surface area is 177 Å². The monoisotopic (exact) mass is 497 g/mol. The molecule has 2 aromatic carbocycles. The summed E-state index contributed by atoms with van der Waals surface area (Å²) in [4.78, 5) is 24.0. The number of hydrogen-bond acceptors (Lipinski definition) is 4. The number of amides is 2. The first-order valence-electron chi connectivity index (χ1n) is 8.12. The number of nitrogens with one attached hydrogen (secondary N) is 3. The predicted octanol–water partition coefficient (Wildman–Crippen LogP) is 2.93. The summed E-state index contributed by atoms with van der Waals surface area (Å²) < 4.78 is 6.46. The molecule has 27 heavy (non-hydrogen) atoms. The van der Waals surface area contributed by atoms with Gasteiger partial charge in [-0.15, -0.1) is 0 Å². The summed E-state index contributed by atoms with van der Waals surface area (Å²) in [7, 11) is 0. The molecule has 0 aromatic heterocycles. The lowest BCUT2D eigenvalue weighted by Gasteiger charge is -2.12. The van der Waals surface area contributed by atoms with E-state index < -0.39 is 5.91 Å². The van der Waals surface area contributed by atoms with Gasteiger partial charge in [-0.1, -0.05) is 23.8 Å². The molecule has 8 heteroatoms. The largest absolute Gasteiger partial charge is 0.483 e. The van der Waals surface area contributed by atoms with Crippen LogP contribution in [0.4, 0.5) is 0 Å². The van der Waals surface area contributed by atoms with Crippen molar-refractivity contribution < 1.29 is 14.3 Å². The van der Waals surface area contributed by atoms with Gasteiger partial charge in [-0.05, 0) is 84.9 Å². The Morgan fingerprint density at radius 3 is 2.44 bits per heavy atom. The molecule has 2 rings (SSSR count). The molecule has 0 spiro atoms. The lowest BCUT2D eigenvalue weighted by Crippen LogP contribution is -2.49. The van der Waals surface area contributed by atoms with Gasteiger partial charge in [-0.3, -0.25) is 25.8 Å². The van der Waals surface area contributed by atoms with Crippen LogP contribution in [0.25, 0.3) is 0 Å². The lowest BCUT2D eigenvalue weighted by molar-refractivity contribution is -0.123. The number of rotatable bonds is 4. The van der Waals surface area contributed by atoms with E-state index in [2.05, 4.69) is 38.8 Å². The highest BCUT2D eigenvalue weighted by Crippen LogP contribution is 2.18. The molecule has 0 saturated heterocycles. The van der Waals surface area contributed by atoms with Crippen LogP contribution in [0.3, 0.4) is 0 Å². The summed E-state index contributed by atoms with van der Waals surface area (Å²) in [5.74, 6) is -0.136. The molecule has 0 fully saturated rings.